The van der Waals surface area contributed by atoms with Gasteiger partial charge in [0.15, 0.2) is 0 Å². The lowest BCUT2D eigenvalue weighted by molar-refractivity contribution is -0.147. The minimum atomic E-state index is -1.00. The molecule has 5 aliphatic rings. The van der Waals surface area contributed by atoms with Gasteiger partial charge in [-0.05, 0) is 104 Å². The Bertz CT molecular complexity index is 1000. The van der Waals surface area contributed by atoms with Crippen LogP contribution in [0.25, 0.3) is 0 Å². The Kier molecular flexibility index (Phi) is 5.64. The molecule has 0 unspecified atom stereocenters. The lowest BCUT2D eigenvalue weighted by Crippen LogP contribution is -2.59. The number of hydrogen-bond acceptors (Lipinski definition) is 5. The monoisotopic (exact) mass is 484 g/mol. The second-order valence-electron chi connectivity index (χ2n) is 13.5. The number of nitrogens with zero attached hydrogens (tertiary/aromatic N) is 1. The average molecular weight is 485 g/mol. The molecule has 5 rings (SSSR count). The highest BCUT2D eigenvalue weighted by molar-refractivity contribution is 6.00. The van der Waals surface area contributed by atoms with Crippen LogP contribution < -0.4 is 5.32 Å². The Balaban J connectivity index is 1.37. The highest BCUT2D eigenvalue weighted by atomic mass is 16.7. The molecule has 0 aliphatic heterocycles. The van der Waals surface area contributed by atoms with Crippen molar-refractivity contribution in [2.75, 3.05) is 7.05 Å². The number of oxime groups is 1. The molecule has 0 amide bonds. The van der Waals surface area contributed by atoms with Gasteiger partial charge in [0.25, 0.3) is 0 Å². The molecule has 0 aromatic carbocycles. The first-order valence-corrected chi connectivity index (χ1v) is 13.7. The minimum Gasteiger partial charge on any atom is -0.481 e. The van der Waals surface area contributed by atoms with Crippen molar-refractivity contribution in [2.24, 2.45) is 44.1 Å². The minimum absolute atomic E-state index is 0.0261. The van der Waals surface area contributed by atoms with Gasteiger partial charge in [-0.3, -0.25) is 4.79 Å². The molecule has 6 heteroatoms. The Morgan fingerprint density at radius 1 is 1.06 bits per heavy atom. The van der Waals surface area contributed by atoms with Crippen molar-refractivity contribution in [1.29, 1.82) is 0 Å². The summed E-state index contributed by atoms with van der Waals surface area (Å²) < 4.78 is 0. The molecule has 6 nitrogen and oxygen atoms in total. The van der Waals surface area contributed by atoms with Gasteiger partial charge in [-0.15, -0.1) is 0 Å². The van der Waals surface area contributed by atoms with Gasteiger partial charge in [0, 0.05) is 11.5 Å². The van der Waals surface area contributed by atoms with Gasteiger partial charge < -0.3 is 15.3 Å². The molecule has 4 saturated carbocycles. The number of allylic oxidation sites excluding steroid dienone is 2. The normalized spacial score (nSPS) is 45.4. The van der Waals surface area contributed by atoms with Crippen LogP contribution in [-0.2, 0) is 14.4 Å². The average Bonchev–Trinajstić information content (AvgIpc) is 3.38. The topological polar surface area (TPSA) is 88.0 Å². The zero-order valence-electron chi connectivity index (χ0n) is 22.5. The van der Waals surface area contributed by atoms with Crippen LogP contribution in [0.5, 0.6) is 0 Å². The van der Waals surface area contributed by atoms with E-state index in [1.165, 1.54) is 44.1 Å². The molecule has 0 saturated heterocycles. The van der Waals surface area contributed by atoms with E-state index < -0.39 is 11.9 Å². The number of hydrogen-bond donors (Lipinski definition) is 2. The third-order valence-electron chi connectivity index (χ3n) is 12.2. The van der Waals surface area contributed by atoms with Crippen LogP contribution in [0, 0.1) is 38.9 Å². The fraction of sp³-hybridized carbons (Fsp3) is 0.828. The van der Waals surface area contributed by atoms with Gasteiger partial charge in [-0.1, -0.05) is 38.9 Å². The number of fused-ring (bicyclic) bond motifs is 2. The van der Waals surface area contributed by atoms with E-state index in [1.54, 1.807) is 0 Å². The summed E-state index contributed by atoms with van der Waals surface area (Å²) in [5.41, 5.74) is 3.60. The maximum atomic E-state index is 11.9. The summed E-state index contributed by atoms with van der Waals surface area (Å²) in [7, 11) is 2.14. The van der Waals surface area contributed by atoms with E-state index in [4.69, 9.17) is 9.94 Å². The van der Waals surface area contributed by atoms with Crippen LogP contribution in [0.1, 0.15) is 98.8 Å². The van der Waals surface area contributed by atoms with E-state index in [2.05, 4.69) is 51.3 Å². The van der Waals surface area contributed by atoms with Gasteiger partial charge in [0.2, 0.25) is 0 Å². The molecule has 0 aromatic heterocycles. The van der Waals surface area contributed by atoms with Crippen molar-refractivity contribution < 1.29 is 19.5 Å². The molecule has 0 bridgehead atoms. The molecule has 5 aliphatic carbocycles. The maximum absolute atomic E-state index is 11.9. The molecule has 0 aromatic rings. The number of carbonyl (C=O) groups is 2. The fourth-order valence-electron chi connectivity index (χ4n) is 10.4. The van der Waals surface area contributed by atoms with Gasteiger partial charge in [-0.2, -0.15) is 0 Å². The summed E-state index contributed by atoms with van der Waals surface area (Å²) in [4.78, 5) is 27.8. The summed E-state index contributed by atoms with van der Waals surface area (Å²) in [6.07, 6.45) is 12.3. The van der Waals surface area contributed by atoms with Gasteiger partial charge in [0.1, 0.15) is 0 Å². The third-order valence-corrected chi connectivity index (χ3v) is 12.2. The van der Waals surface area contributed by atoms with E-state index in [0.29, 0.717) is 22.3 Å². The molecule has 0 heterocycles. The quantitative estimate of drug-likeness (QED) is 0.286. The first kappa shape index (κ1) is 25.0. The van der Waals surface area contributed by atoms with E-state index in [9.17, 15) is 9.59 Å². The molecule has 4 fully saturated rings. The number of aliphatic carboxylic acids is 1. The molecule has 2 N–H and O–H groups in total. The Morgan fingerprint density at radius 3 is 2.43 bits per heavy atom. The predicted molar refractivity (Wildman–Crippen MR) is 136 cm³/mol. The van der Waals surface area contributed by atoms with E-state index >= 15 is 0 Å². The SMILES string of the molecule is CN[C@H]1CC[C@]23C[C@]24CC[C@]2(C)C(/C(C)=N\OC(=O)CCC(=O)O)=CC[C@@]2(C)[C@@H]4CC[C@H]3C1(C)C. The fourth-order valence-corrected chi connectivity index (χ4v) is 10.4. The Hall–Kier alpha value is -1.69. The van der Waals surface area contributed by atoms with Crippen molar-refractivity contribution in [3.63, 3.8) is 0 Å². The smallest absolute Gasteiger partial charge is 0.335 e. The largest absolute Gasteiger partial charge is 0.481 e. The molecule has 7 atom stereocenters. The molecule has 194 valence electrons. The van der Waals surface area contributed by atoms with Crippen molar-refractivity contribution in [3.8, 4) is 0 Å². The summed E-state index contributed by atoms with van der Waals surface area (Å²) in [5, 5.41) is 16.6. The number of carbonyl (C=O) groups excluding carboxylic acids is 1. The molecule has 0 radical (unpaired) electrons. The van der Waals surface area contributed by atoms with Crippen LogP contribution >= 0.6 is 0 Å². The van der Waals surface area contributed by atoms with Crippen LogP contribution in [0.3, 0.4) is 0 Å². The van der Waals surface area contributed by atoms with Crippen molar-refractivity contribution in [2.45, 2.75) is 105 Å². The van der Waals surface area contributed by atoms with Crippen LogP contribution in [0.2, 0.25) is 0 Å². The zero-order chi connectivity index (χ0) is 25.4. The van der Waals surface area contributed by atoms with Crippen molar-refractivity contribution >= 4 is 17.7 Å². The molecule has 35 heavy (non-hydrogen) atoms. The van der Waals surface area contributed by atoms with Crippen LogP contribution in [0.4, 0.5) is 0 Å². The van der Waals surface area contributed by atoms with E-state index in [0.717, 1.165) is 30.4 Å². The Morgan fingerprint density at radius 2 is 1.74 bits per heavy atom. The van der Waals surface area contributed by atoms with Gasteiger partial charge in [-0.25, -0.2) is 4.79 Å². The number of carboxylic acids is 1. The van der Waals surface area contributed by atoms with E-state index in [1.807, 2.05) is 6.92 Å². The van der Waals surface area contributed by atoms with Crippen LogP contribution in [0.15, 0.2) is 16.8 Å². The van der Waals surface area contributed by atoms with Crippen molar-refractivity contribution in [1.82, 2.24) is 5.32 Å². The molecular weight excluding hydrogens is 440 g/mol. The summed E-state index contributed by atoms with van der Waals surface area (Å²) >= 11 is 0. The lowest BCUT2D eigenvalue weighted by atomic mass is 9.42. The highest BCUT2D eigenvalue weighted by Gasteiger charge is 2.81. The Labute approximate surface area is 210 Å². The number of carboxylic acid groups (broad SMARTS) is 1. The summed E-state index contributed by atoms with van der Waals surface area (Å²) in [6.45, 7) is 11.9. The highest BCUT2D eigenvalue weighted by Crippen LogP contribution is 2.88. The lowest BCUT2D eigenvalue weighted by Gasteiger charge is -2.63. The first-order valence-electron chi connectivity index (χ1n) is 13.7. The maximum Gasteiger partial charge on any atom is 0.335 e. The van der Waals surface area contributed by atoms with Crippen molar-refractivity contribution in [3.05, 3.63) is 11.6 Å². The number of nitrogens with one attached hydrogen (secondary N) is 1. The van der Waals surface area contributed by atoms with Crippen LogP contribution in [-0.4, -0.2) is 35.8 Å². The predicted octanol–water partition coefficient (Wildman–Crippen LogP) is 5.72. The molecule has 2 spiro atoms. The summed E-state index contributed by atoms with van der Waals surface area (Å²) in [6, 6.07) is 0.619. The van der Waals surface area contributed by atoms with Gasteiger partial charge in [0.05, 0.1) is 18.6 Å². The molecular formula is C29H44N2O4. The third kappa shape index (κ3) is 3.20. The zero-order valence-corrected chi connectivity index (χ0v) is 22.5. The standard InChI is InChI=1S/C29H44N2O4/c1-18(31-35-24(34)10-9-23(32)33)19-11-13-27(5)21-8-7-20-25(2,3)22(30-6)12-14-28(20)17-29(21,28)16-15-26(19,27)4/h11,20-22,30H,7-10,12-17H2,1-6H3,(H,32,33)/b31-18-/t20-,21-,22-,26+,27-,28+,29-/m0/s1. The first-order chi connectivity index (χ1) is 16.4. The van der Waals surface area contributed by atoms with E-state index in [-0.39, 0.29) is 23.7 Å². The second kappa shape index (κ2) is 7.90. The second-order valence-corrected chi connectivity index (χ2v) is 13.5. The summed E-state index contributed by atoms with van der Waals surface area (Å²) in [5.74, 6) is -0.0470. The number of rotatable bonds is 6. The van der Waals surface area contributed by atoms with Gasteiger partial charge >= 0.3 is 11.9 Å².